The molecule has 0 amide bonds. The van der Waals surface area contributed by atoms with Crippen molar-refractivity contribution in [1.29, 1.82) is 0 Å². The van der Waals surface area contributed by atoms with E-state index < -0.39 is 20.6 Å². The maximum atomic E-state index is 8.11. The van der Waals surface area contributed by atoms with Crippen LogP contribution in [0.2, 0.25) is 0 Å². The zero-order valence-electron chi connectivity index (χ0n) is 83.3. The lowest BCUT2D eigenvalue weighted by Crippen LogP contribution is -2.09. The zero-order valence-corrected chi connectivity index (χ0v) is 70.3. The lowest BCUT2D eigenvalue weighted by atomic mass is 9.84. The lowest BCUT2D eigenvalue weighted by molar-refractivity contribution is 0.632. The molecule has 124 heavy (non-hydrogen) atoms. The molecular weight excluding hydrogens is 1510 g/mol. The summed E-state index contributed by atoms with van der Waals surface area (Å²) in [5, 5.41) is 16.6. The van der Waals surface area contributed by atoms with E-state index in [4.69, 9.17) is 35.5 Å². The van der Waals surface area contributed by atoms with Crippen LogP contribution < -0.4 is 19.6 Å². The minimum Gasteiger partial charge on any atom is -0.452 e. The fraction of sp³-hybridized carbons (Fsp3) is 0.138. The molecule has 0 saturated carbocycles. The van der Waals surface area contributed by atoms with Crippen molar-refractivity contribution in [1.82, 2.24) is 0 Å². The van der Waals surface area contributed by atoms with Crippen LogP contribution in [0, 0.1) is 27.5 Å². The molecule has 8 heteroatoms. The topological polar surface area (TPSA) is 65.5 Å². The molecule has 0 radical (unpaired) electrons. The van der Waals surface area contributed by atoms with Gasteiger partial charge in [0.1, 0.15) is 22.3 Å². The summed E-state index contributed by atoms with van der Waals surface area (Å²) in [5.41, 5.74) is 23.3. The van der Waals surface area contributed by atoms with Crippen molar-refractivity contribution in [3.63, 3.8) is 0 Å². The number of anilines is 12. The van der Waals surface area contributed by atoms with Gasteiger partial charge in [-0.25, -0.2) is 0 Å². The van der Waals surface area contributed by atoms with E-state index in [0.29, 0.717) is 52.3 Å². The molecule has 0 aliphatic heterocycles. The lowest BCUT2D eigenvalue weighted by Gasteiger charge is -2.26. The first kappa shape index (κ1) is 63.4. The van der Waals surface area contributed by atoms with Gasteiger partial charge in [-0.15, -0.1) is 0 Å². The van der Waals surface area contributed by atoms with Gasteiger partial charge in [-0.3, -0.25) is 0 Å². The molecule has 0 saturated heterocycles. The van der Waals surface area contributed by atoms with Gasteiger partial charge in [-0.05, 0) is 311 Å². The molecule has 18 aromatic carbocycles. The molecule has 8 nitrogen and oxygen atoms in total. The Morgan fingerprint density at radius 3 is 0.613 bits per heavy atom. The molecule has 0 bridgehead atoms. The first-order valence-electron chi connectivity index (χ1n) is 49.0. The second-order valence-electron chi connectivity index (χ2n) is 33.9. The molecule has 0 N–H and O–H groups in total. The Hall–Kier alpha value is -14.6. The van der Waals surface area contributed by atoms with E-state index in [1.807, 2.05) is 71.6 Å². The number of aryl methyl sites for hydroxylation is 4. The maximum Gasteiger partial charge on any atom is 0.178 e. The molecular formula is C116H96N4O4. The third-order valence-electron chi connectivity index (χ3n) is 24.4. The highest BCUT2D eigenvalue weighted by Gasteiger charge is 2.32. The van der Waals surface area contributed by atoms with E-state index in [-0.39, 0.29) is 40.4 Å². The van der Waals surface area contributed by atoms with Gasteiger partial charge in [0, 0.05) is 124 Å². The first-order valence-corrected chi connectivity index (χ1v) is 42.5. The van der Waals surface area contributed by atoms with Gasteiger partial charge in [0.05, 0.1) is 5.48 Å². The SMILES string of the molecule is [2H]C([2H])([2H])c1ccc(N(c2ccc(C)cc2)c2ccc3cc4c(cc3c2)oc2c3oc5cc6cc(N(c7ccc(C([2H])([2H])[2H])cc7)c7ccc(C([2H])([2H])[2H])cc7)ccc6cc5c3c(C(C)C)c(C(C)C)c42)cc1.[2H]c1ccc(N(c2ccc([2H])cc2)c2ccc3cc4c(cc3c2)oc2c3oc5cc6cc(N(c7ccc([2H])cc7)c7ccc([2H])cc7)ccc6cc5c3c(C(C)C)c(C(C)C)c42)cc1. The number of benzene rings is 18. The predicted molar refractivity (Wildman–Crippen MR) is 526 cm³/mol. The summed E-state index contributed by atoms with van der Waals surface area (Å²) in [6.45, 7) is 13.3. The van der Waals surface area contributed by atoms with Crippen LogP contribution in [0.1, 0.15) is 141 Å². The molecule has 4 heterocycles. The third-order valence-corrected chi connectivity index (χ3v) is 24.4. The van der Waals surface area contributed by atoms with Crippen LogP contribution >= 0.6 is 0 Å². The zero-order chi connectivity index (χ0) is 95.4. The van der Waals surface area contributed by atoms with Crippen LogP contribution in [0.5, 0.6) is 0 Å². The smallest absolute Gasteiger partial charge is 0.178 e. The highest BCUT2D eigenvalue weighted by molar-refractivity contribution is 6.26. The molecule has 0 atom stereocenters. The van der Waals surface area contributed by atoms with Gasteiger partial charge in [0.25, 0.3) is 0 Å². The van der Waals surface area contributed by atoms with Crippen LogP contribution in [0.3, 0.4) is 0 Å². The largest absolute Gasteiger partial charge is 0.452 e. The molecule has 0 fully saturated rings. The molecule has 604 valence electrons. The molecule has 22 aromatic rings. The van der Waals surface area contributed by atoms with Gasteiger partial charge in [-0.1, -0.05) is 223 Å². The Balaban J connectivity index is 0.000000165. The number of nitrogens with zero attached hydrogens (tertiary/aromatic N) is 4. The van der Waals surface area contributed by atoms with Crippen LogP contribution in [0.25, 0.3) is 131 Å². The average molecular weight is 1620 g/mol. The normalized spacial score (nSPS) is 13.8. The second kappa shape index (κ2) is 30.8. The number of para-hydroxylation sites is 4. The molecule has 0 aliphatic carbocycles. The molecule has 22 rings (SSSR count). The van der Waals surface area contributed by atoms with Crippen molar-refractivity contribution in [3.8, 4) is 0 Å². The van der Waals surface area contributed by atoms with Gasteiger partial charge < -0.3 is 37.3 Å². The summed E-state index contributed by atoms with van der Waals surface area (Å²) in [7, 11) is 0. The molecule has 0 aliphatic rings. The summed E-state index contributed by atoms with van der Waals surface area (Å²) in [4.78, 5) is 8.43. The number of hydrogen-bond acceptors (Lipinski definition) is 8. The number of fused-ring (bicyclic) bond motifs is 18. The van der Waals surface area contributed by atoms with Gasteiger partial charge in [0.15, 0.2) is 22.3 Å². The monoisotopic (exact) mass is 1620 g/mol. The van der Waals surface area contributed by atoms with E-state index in [9.17, 15) is 0 Å². The van der Waals surface area contributed by atoms with E-state index in [0.717, 1.165) is 177 Å². The van der Waals surface area contributed by atoms with Crippen molar-refractivity contribution in [2.75, 3.05) is 19.6 Å². The van der Waals surface area contributed by atoms with Crippen LogP contribution in [-0.4, -0.2) is 0 Å². The Morgan fingerprint density at radius 1 is 0.218 bits per heavy atom. The van der Waals surface area contributed by atoms with Gasteiger partial charge in [-0.2, -0.15) is 0 Å². The van der Waals surface area contributed by atoms with E-state index >= 15 is 0 Å². The summed E-state index contributed by atoms with van der Waals surface area (Å²) in [5.74, 6) is 0.688. The quantitative estimate of drug-likeness (QED) is 0.0948. The summed E-state index contributed by atoms with van der Waals surface area (Å²) in [6, 6.07) is 104. The van der Waals surface area contributed by atoms with E-state index in [1.54, 1.807) is 109 Å². The Labute approximate surface area is 740 Å². The van der Waals surface area contributed by atoms with Crippen molar-refractivity contribution in [2.45, 2.75) is 107 Å². The molecule has 4 aromatic heterocycles. The minimum atomic E-state index is -2.27. The predicted octanol–water partition coefficient (Wildman–Crippen LogP) is 35.2. The second-order valence-corrected chi connectivity index (χ2v) is 33.9. The van der Waals surface area contributed by atoms with E-state index in [2.05, 4.69) is 217 Å². The van der Waals surface area contributed by atoms with Crippen molar-refractivity contribution in [2.24, 2.45) is 0 Å². The first-order chi connectivity index (χ1) is 65.6. The summed E-state index contributed by atoms with van der Waals surface area (Å²) in [6.07, 6.45) is 0. The summed E-state index contributed by atoms with van der Waals surface area (Å²) < 4.78 is 132. The van der Waals surface area contributed by atoms with E-state index in [1.165, 1.54) is 22.3 Å². The highest BCUT2D eigenvalue weighted by atomic mass is 16.4. The standard InChI is InChI=1S/C60H52N2O2.C56H44N2O2/c1-35(2)55-56(36(3)4)58-52-32-42-18-28-50(62(47-23-13-39(7)14-24-47)48-25-15-40(8)16-26-48)30-44(42)34-54(52)64-60(58)59-57(55)51-31-41-17-27-49(29-43(41)33-53(51)63-59)61(45-19-9-37(5)10-20-45)46-21-11-38(6)12-22-46;1-35(2)51-52(36(3)4)54-48-32-38-26-28-46(58(43-21-13-7-14-22-43)44-23-15-8-16-24-44)30-40(38)34-50(48)60-56(54)55-53(51)47-31-37-25-27-45(29-39(37)33-49(47)59-55)57(41-17-9-5-10-18-41)42-19-11-6-12-20-42/h9-36H,1-8H3;5-36H,1-4H3/i5D3,6D3,7D3;5D,6D,7D,8D. The number of hydrogen-bond donors (Lipinski definition) is 0. The summed E-state index contributed by atoms with van der Waals surface area (Å²) >= 11 is 0. The molecule has 0 unspecified atom stereocenters. The Morgan fingerprint density at radius 2 is 0.411 bits per heavy atom. The minimum absolute atomic E-state index is 0.139. The fourth-order valence-corrected chi connectivity index (χ4v) is 18.9. The Bertz CT molecular complexity index is 8120. The number of furan rings is 4. The van der Waals surface area contributed by atoms with Crippen molar-refractivity contribution < 1.29 is 35.5 Å². The third kappa shape index (κ3) is 13.4. The van der Waals surface area contributed by atoms with Crippen LogP contribution in [-0.2, 0) is 0 Å². The maximum absolute atomic E-state index is 8.11. The van der Waals surface area contributed by atoms with Crippen molar-refractivity contribution in [3.05, 3.63) is 384 Å². The average Bonchev–Trinajstić information content (AvgIpc) is 1.55. The van der Waals surface area contributed by atoms with Gasteiger partial charge >= 0.3 is 0 Å². The van der Waals surface area contributed by atoms with Crippen molar-refractivity contribution >= 4 is 199 Å². The van der Waals surface area contributed by atoms with Crippen LogP contribution in [0.15, 0.2) is 357 Å². The van der Waals surface area contributed by atoms with Gasteiger partial charge in [0.2, 0.25) is 0 Å². The molecule has 0 spiro atoms. The highest BCUT2D eigenvalue weighted by Crippen LogP contribution is 2.53. The number of rotatable bonds is 16. The Kier molecular flexibility index (Phi) is 15.8. The fourth-order valence-electron chi connectivity index (χ4n) is 18.9. The van der Waals surface area contributed by atoms with Crippen LogP contribution in [0.4, 0.5) is 68.2 Å².